The van der Waals surface area contributed by atoms with Crippen LogP contribution in [-0.2, 0) is 5.41 Å². The predicted octanol–water partition coefficient (Wildman–Crippen LogP) is 4.09. The van der Waals surface area contributed by atoms with Gasteiger partial charge in [-0.2, -0.15) is 5.26 Å². The molecule has 1 unspecified atom stereocenters. The Morgan fingerprint density at radius 2 is 2.14 bits per heavy atom. The number of benzene rings is 1. The van der Waals surface area contributed by atoms with E-state index in [4.69, 9.17) is 4.74 Å². The summed E-state index contributed by atoms with van der Waals surface area (Å²) in [6.45, 7) is 6.10. The summed E-state index contributed by atoms with van der Waals surface area (Å²) in [5.41, 5.74) is 1.94. The maximum Gasteiger partial charge on any atom is 0.127 e. The Bertz CT molecular complexity index is 545. The summed E-state index contributed by atoms with van der Waals surface area (Å²) in [6.07, 6.45) is 3.78. The molecule has 0 aliphatic carbocycles. The lowest BCUT2D eigenvalue weighted by Gasteiger charge is -2.28. The van der Waals surface area contributed by atoms with E-state index in [-0.39, 0.29) is 0 Å². The Kier molecular flexibility index (Phi) is 5.47. The van der Waals surface area contributed by atoms with E-state index in [1.54, 1.807) is 0 Å². The monoisotopic (exact) mass is 300 g/mol. The Hall–Kier alpha value is -1.53. The van der Waals surface area contributed by atoms with Gasteiger partial charge >= 0.3 is 0 Å². The third kappa shape index (κ3) is 3.44. The summed E-state index contributed by atoms with van der Waals surface area (Å²) < 4.78 is 6.06. The van der Waals surface area contributed by atoms with Gasteiger partial charge in [0.2, 0.25) is 0 Å². The Balaban J connectivity index is 2.40. The maximum absolute atomic E-state index is 9.99. The van der Waals surface area contributed by atoms with Crippen LogP contribution in [0.25, 0.3) is 0 Å². The lowest BCUT2D eigenvalue weighted by molar-refractivity contribution is 0.308. The van der Waals surface area contributed by atoms with Gasteiger partial charge in [-0.1, -0.05) is 32.0 Å². The first-order valence-corrected chi connectivity index (χ1v) is 8.32. The molecule has 0 aromatic heterocycles. The number of para-hydroxylation sites is 1. The van der Waals surface area contributed by atoms with Gasteiger partial charge in [0, 0.05) is 5.56 Å². The number of nitrogens with zero attached hydrogens (tertiary/aromatic N) is 2. The molecule has 0 saturated carbocycles. The van der Waals surface area contributed by atoms with Crippen molar-refractivity contribution < 1.29 is 4.74 Å². The van der Waals surface area contributed by atoms with Crippen molar-refractivity contribution in [3.8, 4) is 11.8 Å². The van der Waals surface area contributed by atoms with E-state index in [1.807, 2.05) is 0 Å². The normalized spacial score (nSPS) is 21.1. The number of fused-ring (bicyclic) bond motifs is 1. The molecular weight excluding hydrogens is 272 g/mol. The van der Waals surface area contributed by atoms with Crippen molar-refractivity contribution in [2.24, 2.45) is 0 Å². The van der Waals surface area contributed by atoms with E-state index in [9.17, 15) is 5.26 Å². The fraction of sp³-hybridized carbons (Fsp3) is 0.632. The first kappa shape index (κ1) is 16.8. The summed E-state index contributed by atoms with van der Waals surface area (Å²) >= 11 is 0. The quantitative estimate of drug-likeness (QED) is 0.822. The highest BCUT2D eigenvalue weighted by Gasteiger charge is 2.37. The Labute approximate surface area is 134 Å². The third-order valence-corrected chi connectivity index (χ3v) is 4.60. The van der Waals surface area contributed by atoms with E-state index in [0.717, 1.165) is 43.5 Å². The molecule has 1 aliphatic rings. The predicted molar refractivity (Wildman–Crippen MR) is 90.3 cm³/mol. The zero-order valence-corrected chi connectivity index (χ0v) is 14.4. The van der Waals surface area contributed by atoms with Crippen LogP contribution in [0.4, 0.5) is 0 Å². The minimum Gasteiger partial charge on any atom is -0.493 e. The molecule has 3 heteroatoms. The van der Waals surface area contributed by atoms with Gasteiger partial charge in [0.15, 0.2) is 0 Å². The van der Waals surface area contributed by atoms with Gasteiger partial charge in [0.25, 0.3) is 0 Å². The summed E-state index contributed by atoms with van der Waals surface area (Å²) in [5.74, 6) is 1.38. The maximum atomic E-state index is 9.99. The number of hydrogen-bond donors (Lipinski definition) is 0. The van der Waals surface area contributed by atoms with Crippen molar-refractivity contribution in [1.82, 2.24) is 4.90 Å². The number of ether oxygens (including phenoxy) is 1. The smallest absolute Gasteiger partial charge is 0.127 e. The zero-order valence-electron chi connectivity index (χ0n) is 14.4. The molecule has 1 heterocycles. The van der Waals surface area contributed by atoms with Crippen molar-refractivity contribution in [3.05, 3.63) is 29.3 Å². The second-order valence-electron chi connectivity index (χ2n) is 6.93. The highest BCUT2D eigenvalue weighted by Crippen LogP contribution is 2.44. The van der Waals surface area contributed by atoms with Crippen LogP contribution in [0, 0.1) is 11.3 Å². The van der Waals surface area contributed by atoms with Gasteiger partial charge in [-0.25, -0.2) is 0 Å². The molecule has 0 spiro atoms. The molecule has 120 valence electrons. The number of rotatable bonds is 5. The highest BCUT2D eigenvalue weighted by molar-refractivity contribution is 5.50. The zero-order chi connectivity index (χ0) is 16.2. The van der Waals surface area contributed by atoms with Crippen molar-refractivity contribution >= 4 is 0 Å². The third-order valence-electron chi connectivity index (χ3n) is 4.60. The van der Waals surface area contributed by atoms with Crippen molar-refractivity contribution in [1.29, 1.82) is 5.26 Å². The summed E-state index contributed by atoms with van der Waals surface area (Å²) in [5, 5.41) is 9.99. The molecule has 2 rings (SSSR count). The second-order valence-corrected chi connectivity index (χ2v) is 6.93. The largest absolute Gasteiger partial charge is 0.493 e. The van der Waals surface area contributed by atoms with Gasteiger partial charge < -0.3 is 9.64 Å². The van der Waals surface area contributed by atoms with Gasteiger partial charge in [-0.15, -0.1) is 0 Å². The molecule has 3 nitrogen and oxygen atoms in total. The van der Waals surface area contributed by atoms with Gasteiger partial charge in [0.1, 0.15) is 5.75 Å². The fourth-order valence-corrected chi connectivity index (χ4v) is 3.36. The molecule has 0 N–H and O–H groups in total. The second kappa shape index (κ2) is 7.15. The van der Waals surface area contributed by atoms with Gasteiger partial charge in [-0.05, 0) is 57.8 Å². The average Bonchev–Trinajstić information content (AvgIpc) is 2.67. The van der Waals surface area contributed by atoms with E-state index in [1.165, 1.54) is 5.56 Å². The molecule has 1 aromatic rings. The van der Waals surface area contributed by atoms with Crippen molar-refractivity contribution in [2.75, 3.05) is 27.2 Å². The summed E-state index contributed by atoms with van der Waals surface area (Å²) in [4.78, 5) is 2.18. The van der Waals surface area contributed by atoms with E-state index < -0.39 is 5.41 Å². The molecule has 1 atom stereocenters. The van der Waals surface area contributed by atoms with Crippen LogP contribution in [0.2, 0.25) is 0 Å². The molecule has 0 bridgehead atoms. The molecule has 1 aromatic carbocycles. The first-order valence-electron chi connectivity index (χ1n) is 8.32. The topological polar surface area (TPSA) is 36.3 Å². The fourth-order valence-electron chi connectivity index (χ4n) is 3.36. The number of nitriles is 1. The lowest BCUT2D eigenvalue weighted by atomic mass is 9.73. The Morgan fingerprint density at radius 1 is 1.36 bits per heavy atom. The van der Waals surface area contributed by atoms with Crippen molar-refractivity contribution in [2.45, 2.75) is 50.9 Å². The van der Waals surface area contributed by atoms with Crippen LogP contribution in [0.5, 0.6) is 5.75 Å². The summed E-state index contributed by atoms with van der Waals surface area (Å²) in [6, 6.07) is 8.98. The summed E-state index contributed by atoms with van der Waals surface area (Å²) in [7, 11) is 4.17. The highest BCUT2D eigenvalue weighted by atomic mass is 16.5. The molecule has 22 heavy (non-hydrogen) atoms. The van der Waals surface area contributed by atoms with Crippen LogP contribution in [0.1, 0.15) is 56.6 Å². The lowest BCUT2D eigenvalue weighted by Crippen LogP contribution is -2.26. The minimum absolute atomic E-state index is 0.396. The van der Waals surface area contributed by atoms with E-state index in [0.29, 0.717) is 12.5 Å². The molecule has 0 saturated heterocycles. The molecular formula is C19H28N2O. The SMILES string of the molecule is CC(C)c1cccc2c1OCCCC2(C#N)CCCN(C)C. The average molecular weight is 300 g/mol. The van der Waals surface area contributed by atoms with Gasteiger partial charge in [0.05, 0.1) is 18.1 Å². The van der Waals surface area contributed by atoms with Crippen molar-refractivity contribution in [3.63, 3.8) is 0 Å². The number of hydrogen-bond acceptors (Lipinski definition) is 3. The molecule has 0 amide bonds. The first-order chi connectivity index (χ1) is 10.5. The van der Waals surface area contributed by atoms with Crippen LogP contribution >= 0.6 is 0 Å². The minimum atomic E-state index is -0.396. The van der Waals surface area contributed by atoms with E-state index >= 15 is 0 Å². The van der Waals surface area contributed by atoms with Crippen LogP contribution in [0.15, 0.2) is 18.2 Å². The van der Waals surface area contributed by atoms with Crippen LogP contribution in [-0.4, -0.2) is 32.1 Å². The van der Waals surface area contributed by atoms with Crippen LogP contribution in [0.3, 0.4) is 0 Å². The standard InChI is InChI=1S/C19H28N2O/c1-15(2)16-8-5-9-17-18(16)22-13-7-11-19(17,14-20)10-6-12-21(3)4/h5,8-9,15H,6-7,10-13H2,1-4H3. The molecule has 0 radical (unpaired) electrons. The molecule has 1 aliphatic heterocycles. The molecule has 0 fully saturated rings. The van der Waals surface area contributed by atoms with Crippen LogP contribution < -0.4 is 4.74 Å². The Morgan fingerprint density at radius 3 is 2.77 bits per heavy atom. The van der Waals surface area contributed by atoms with E-state index in [2.05, 4.69) is 57.1 Å². The van der Waals surface area contributed by atoms with Gasteiger partial charge in [-0.3, -0.25) is 0 Å².